The average Bonchev–Trinajstić information content (AvgIpc) is 2.21. The zero-order valence-corrected chi connectivity index (χ0v) is 10.8. The highest BCUT2D eigenvalue weighted by molar-refractivity contribution is 4.92. The molecule has 0 spiro atoms. The van der Waals surface area contributed by atoms with E-state index >= 15 is 0 Å². The summed E-state index contributed by atoms with van der Waals surface area (Å²) < 4.78 is 5.35. The Morgan fingerprint density at radius 1 is 1.53 bits per heavy atom. The third kappa shape index (κ3) is 3.44. The molecule has 0 amide bonds. The Hall–Kier alpha value is -0.120. The van der Waals surface area contributed by atoms with Crippen LogP contribution in [0.3, 0.4) is 0 Å². The van der Waals surface area contributed by atoms with Crippen LogP contribution in [0.2, 0.25) is 0 Å². The molecule has 0 saturated carbocycles. The van der Waals surface area contributed by atoms with Gasteiger partial charge in [-0.05, 0) is 27.2 Å². The van der Waals surface area contributed by atoms with Gasteiger partial charge >= 0.3 is 0 Å². The standard InChI is InChI=1S/C12H26N2O/c1-6-11-8-14(7-10(2)15-5)12(3,4)9-13-11/h10-11,13H,6-9H2,1-5H3. The minimum atomic E-state index is 0.248. The van der Waals surface area contributed by atoms with E-state index in [9.17, 15) is 0 Å². The van der Waals surface area contributed by atoms with E-state index in [0.717, 1.165) is 19.6 Å². The summed E-state index contributed by atoms with van der Waals surface area (Å²) in [5.41, 5.74) is 0.248. The van der Waals surface area contributed by atoms with Crippen molar-refractivity contribution in [1.29, 1.82) is 0 Å². The number of nitrogens with zero attached hydrogens (tertiary/aromatic N) is 1. The molecule has 0 aliphatic carbocycles. The first-order valence-corrected chi connectivity index (χ1v) is 6.00. The molecular weight excluding hydrogens is 188 g/mol. The largest absolute Gasteiger partial charge is 0.380 e. The van der Waals surface area contributed by atoms with Crippen molar-refractivity contribution >= 4 is 0 Å². The zero-order chi connectivity index (χ0) is 11.5. The van der Waals surface area contributed by atoms with Gasteiger partial charge in [0.1, 0.15) is 0 Å². The highest BCUT2D eigenvalue weighted by Gasteiger charge is 2.33. The average molecular weight is 214 g/mol. The fourth-order valence-corrected chi connectivity index (χ4v) is 2.06. The van der Waals surface area contributed by atoms with Crippen LogP contribution >= 0.6 is 0 Å². The third-order valence-corrected chi connectivity index (χ3v) is 3.49. The van der Waals surface area contributed by atoms with E-state index in [1.165, 1.54) is 6.42 Å². The molecule has 0 aromatic rings. The smallest absolute Gasteiger partial charge is 0.0670 e. The van der Waals surface area contributed by atoms with Crippen LogP contribution in [0.5, 0.6) is 0 Å². The second-order valence-corrected chi connectivity index (χ2v) is 5.25. The summed E-state index contributed by atoms with van der Waals surface area (Å²) in [5, 5.41) is 3.60. The van der Waals surface area contributed by atoms with Crippen LogP contribution < -0.4 is 5.32 Å². The fraction of sp³-hybridized carbons (Fsp3) is 1.00. The van der Waals surface area contributed by atoms with Gasteiger partial charge in [0.05, 0.1) is 6.10 Å². The Bertz CT molecular complexity index is 192. The highest BCUT2D eigenvalue weighted by Crippen LogP contribution is 2.20. The first-order chi connectivity index (χ1) is 6.99. The van der Waals surface area contributed by atoms with E-state index in [1.54, 1.807) is 7.11 Å². The molecule has 3 heteroatoms. The number of nitrogens with one attached hydrogen (secondary N) is 1. The Morgan fingerprint density at radius 2 is 2.20 bits per heavy atom. The monoisotopic (exact) mass is 214 g/mol. The molecule has 15 heavy (non-hydrogen) atoms. The number of piperazine rings is 1. The third-order valence-electron chi connectivity index (χ3n) is 3.49. The lowest BCUT2D eigenvalue weighted by molar-refractivity contribution is 0.00821. The van der Waals surface area contributed by atoms with E-state index in [-0.39, 0.29) is 5.54 Å². The first-order valence-electron chi connectivity index (χ1n) is 6.00. The molecule has 0 radical (unpaired) electrons. The molecule has 1 heterocycles. The number of methoxy groups -OCH3 is 1. The molecule has 0 aromatic heterocycles. The second-order valence-electron chi connectivity index (χ2n) is 5.25. The SMILES string of the molecule is CCC1CN(CC(C)OC)C(C)(C)CN1. The van der Waals surface area contributed by atoms with Crippen molar-refractivity contribution in [3.63, 3.8) is 0 Å². The van der Waals surface area contributed by atoms with E-state index < -0.39 is 0 Å². The normalized spacial score (nSPS) is 29.0. The van der Waals surface area contributed by atoms with Gasteiger partial charge in [-0.25, -0.2) is 0 Å². The zero-order valence-electron chi connectivity index (χ0n) is 10.8. The molecule has 3 nitrogen and oxygen atoms in total. The molecule has 0 aromatic carbocycles. The Morgan fingerprint density at radius 3 is 2.73 bits per heavy atom. The Balaban J connectivity index is 2.56. The second kappa shape index (κ2) is 5.28. The van der Waals surface area contributed by atoms with Crippen molar-refractivity contribution < 1.29 is 4.74 Å². The molecule has 1 aliphatic rings. The van der Waals surface area contributed by atoms with E-state index in [0.29, 0.717) is 12.1 Å². The number of hydrogen-bond acceptors (Lipinski definition) is 3. The molecule has 1 N–H and O–H groups in total. The van der Waals surface area contributed by atoms with Gasteiger partial charge in [-0.3, -0.25) is 4.90 Å². The van der Waals surface area contributed by atoms with Gasteiger partial charge in [0, 0.05) is 38.3 Å². The molecule has 1 rings (SSSR count). The molecular formula is C12H26N2O. The van der Waals surface area contributed by atoms with Gasteiger partial charge in [0.15, 0.2) is 0 Å². The van der Waals surface area contributed by atoms with Gasteiger partial charge in [-0.1, -0.05) is 6.92 Å². The lowest BCUT2D eigenvalue weighted by atomic mass is 9.96. The van der Waals surface area contributed by atoms with Gasteiger partial charge in [-0.15, -0.1) is 0 Å². The van der Waals surface area contributed by atoms with E-state index in [4.69, 9.17) is 4.74 Å². The predicted molar refractivity (Wildman–Crippen MR) is 64.2 cm³/mol. The van der Waals surface area contributed by atoms with Crippen LogP contribution in [0, 0.1) is 0 Å². The summed E-state index contributed by atoms with van der Waals surface area (Å²) in [6.45, 7) is 12.2. The van der Waals surface area contributed by atoms with Gasteiger partial charge < -0.3 is 10.1 Å². The van der Waals surface area contributed by atoms with Gasteiger partial charge in [0.2, 0.25) is 0 Å². The van der Waals surface area contributed by atoms with Crippen LogP contribution in [0.1, 0.15) is 34.1 Å². The molecule has 0 bridgehead atoms. The number of rotatable bonds is 4. The maximum atomic E-state index is 5.35. The van der Waals surface area contributed by atoms with Crippen molar-refractivity contribution in [2.75, 3.05) is 26.7 Å². The summed E-state index contributed by atoms with van der Waals surface area (Å²) in [7, 11) is 1.79. The maximum Gasteiger partial charge on any atom is 0.0670 e. The molecule has 2 atom stereocenters. The predicted octanol–water partition coefficient (Wildman–Crippen LogP) is 1.48. The molecule has 2 unspecified atom stereocenters. The summed E-state index contributed by atoms with van der Waals surface area (Å²) >= 11 is 0. The van der Waals surface area contributed by atoms with E-state index in [2.05, 4.69) is 37.9 Å². The molecule has 1 aliphatic heterocycles. The summed E-state index contributed by atoms with van der Waals surface area (Å²) in [6.07, 6.45) is 1.52. The molecule has 90 valence electrons. The van der Waals surface area contributed by atoms with Crippen LogP contribution in [-0.2, 0) is 4.74 Å². The topological polar surface area (TPSA) is 24.5 Å². The minimum absolute atomic E-state index is 0.248. The van der Waals surface area contributed by atoms with Crippen LogP contribution in [0.15, 0.2) is 0 Å². The number of hydrogen-bond donors (Lipinski definition) is 1. The number of ether oxygens (including phenoxy) is 1. The summed E-state index contributed by atoms with van der Waals surface area (Å²) in [6, 6.07) is 0.641. The quantitative estimate of drug-likeness (QED) is 0.767. The fourth-order valence-electron chi connectivity index (χ4n) is 2.06. The van der Waals surface area contributed by atoms with Crippen LogP contribution in [0.4, 0.5) is 0 Å². The molecule has 1 fully saturated rings. The van der Waals surface area contributed by atoms with Gasteiger partial charge in [0.25, 0.3) is 0 Å². The van der Waals surface area contributed by atoms with Crippen LogP contribution in [-0.4, -0.2) is 49.3 Å². The van der Waals surface area contributed by atoms with E-state index in [1.807, 2.05) is 0 Å². The Kier molecular flexibility index (Phi) is 4.56. The van der Waals surface area contributed by atoms with Crippen molar-refractivity contribution in [2.24, 2.45) is 0 Å². The lowest BCUT2D eigenvalue weighted by Gasteiger charge is -2.46. The minimum Gasteiger partial charge on any atom is -0.380 e. The van der Waals surface area contributed by atoms with Gasteiger partial charge in [-0.2, -0.15) is 0 Å². The summed E-state index contributed by atoms with van der Waals surface area (Å²) in [5.74, 6) is 0. The Labute approximate surface area is 94.2 Å². The molecule has 1 saturated heterocycles. The summed E-state index contributed by atoms with van der Waals surface area (Å²) in [4.78, 5) is 2.55. The van der Waals surface area contributed by atoms with Crippen molar-refractivity contribution in [2.45, 2.75) is 51.8 Å². The highest BCUT2D eigenvalue weighted by atomic mass is 16.5. The first kappa shape index (κ1) is 12.9. The van der Waals surface area contributed by atoms with Crippen LogP contribution in [0.25, 0.3) is 0 Å². The maximum absolute atomic E-state index is 5.35. The van der Waals surface area contributed by atoms with Crippen molar-refractivity contribution in [3.05, 3.63) is 0 Å². The lowest BCUT2D eigenvalue weighted by Crippen LogP contribution is -2.62. The van der Waals surface area contributed by atoms with Crippen molar-refractivity contribution in [1.82, 2.24) is 10.2 Å². The van der Waals surface area contributed by atoms with Crippen molar-refractivity contribution in [3.8, 4) is 0 Å².